The smallest absolute Gasteiger partial charge is 0.276 e. The van der Waals surface area contributed by atoms with Crippen LogP contribution in [0.2, 0.25) is 0 Å². The Kier molecular flexibility index (Phi) is 7.09. The number of ether oxygens (including phenoxy) is 3. The Hall–Kier alpha value is -3.50. The molecule has 0 atom stereocenters. The molecule has 1 amide bonds. The number of carbonyl (C=O) groups excluding carboxylic acids is 1. The van der Waals surface area contributed by atoms with Crippen LogP contribution in [0.15, 0.2) is 57.8 Å². The summed E-state index contributed by atoms with van der Waals surface area (Å²) >= 11 is 2.55. The van der Waals surface area contributed by atoms with Gasteiger partial charge in [-0.25, -0.2) is 4.98 Å². The number of thiophene rings is 1. The maximum Gasteiger partial charge on any atom is 0.276 e. The van der Waals surface area contributed by atoms with Gasteiger partial charge in [0, 0.05) is 17.8 Å². The van der Waals surface area contributed by atoms with E-state index in [1.54, 1.807) is 16.7 Å². The van der Waals surface area contributed by atoms with E-state index in [4.69, 9.17) is 14.2 Å². The number of aromatic nitrogens is 2. The van der Waals surface area contributed by atoms with E-state index in [0.717, 1.165) is 5.56 Å². The topological polar surface area (TPSA) is 91.7 Å². The highest BCUT2D eigenvalue weighted by atomic mass is 32.2. The monoisotopic (exact) mass is 497 g/mol. The second-order valence-electron chi connectivity index (χ2n) is 7.26. The summed E-state index contributed by atoms with van der Waals surface area (Å²) in [5, 5.41) is 5.12. The van der Waals surface area contributed by atoms with E-state index in [9.17, 15) is 9.59 Å². The average Bonchev–Trinajstić information content (AvgIpc) is 3.31. The molecular formula is C24H23N3O5S2. The molecule has 0 unspecified atom stereocenters. The minimum absolute atomic E-state index is 0.0462. The highest BCUT2D eigenvalue weighted by Crippen LogP contribution is 2.40. The van der Waals surface area contributed by atoms with Crippen LogP contribution < -0.4 is 25.1 Å². The van der Waals surface area contributed by atoms with Gasteiger partial charge in [-0.15, -0.1) is 11.3 Å². The van der Waals surface area contributed by atoms with Gasteiger partial charge in [0.25, 0.3) is 5.56 Å². The number of hydrogen-bond acceptors (Lipinski definition) is 8. The van der Waals surface area contributed by atoms with E-state index in [1.165, 1.54) is 44.4 Å². The number of thioether (sulfide) groups is 1. The molecule has 0 fully saturated rings. The van der Waals surface area contributed by atoms with Gasteiger partial charge in [-0.2, -0.15) is 0 Å². The third-order valence-electron chi connectivity index (χ3n) is 4.99. The highest BCUT2D eigenvalue weighted by molar-refractivity contribution is 7.99. The maximum absolute atomic E-state index is 13.2. The third-order valence-corrected chi connectivity index (χ3v) is 6.82. The van der Waals surface area contributed by atoms with Crippen molar-refractivity contribution in [3.63, 3.8) is 0 Å². The van der Waals surface area contributed by atoms with Crippen molar-refractivity contribution in [2.75, 3.05) is 32.4 Å². The minimum Gasteiger partial charge on any atom is -0.493 e. The Balaban J connectivity index is 1.61. The largest absolute Gasteiger partial charge is 0.493 e. The lowest BCUT2D eigenvalue weighted by Gasteiger charge is -2.15. The second-order valence-corrected chi connectivity index (χ2v) is 9.12. The number of amides is 1. The van der Waals surface area contributed by atoms with E-state index in [0.29, 0.717) is 44.0 Å². The van der Waals surface area contributed by atoms with Crippen LogP contribution in [0.25, 0.3) is 15.9 Å². The minimum atomic E-state index is -0.269. The van der Waals surface area contributed by atoms with Crippen molar-refractivity contribution in [1.82, 2.24) is 9.55 Å². The summed E-state index contributed by atoms with van der Waals surface area (Å²) in [7, 11) is 4.53. The maximum atomic E-state index is 13.2. The van der Waals surface area contributed by atoms with Gasteiger partial charge in [-0.1, -0.05) is 23.9 Å². The van der Waals surface area contributed by atoms with Crippen molar-refractivity contribution < 1.29 is 19.0 Å². The highest BCUT2D eigenvalue weighted by Gasteiger charge is 2.18. The van der Waals surface area contributed by atoms with Crippen LogP contribution in [0.3, 0.4) is 0 Å². The predicted octanol–water partition coefficient (Wildman–Crippen LogP) is 4.51. The molecule has 1 N–H and O–H groups in total. The van der Waals surface area contributed by atoms with Crippen molar-refractivity contribution in [2.24, 2.45) is 0 Å². The summed E-state index contributed by atoms with van der Waals surface area (Å²) in [5.74, 6) is 1.08. The number of fused-ring (bicyclic) bond motifs is 1. The van der Waals surface area contributed by atoms with Crippen molar-refractivity contribution in [2.45, 2.75) is 12.1 Å². The standard InChI is InChI=1S/C24H23N3O5S2/c1-14-6-5-7-16(10-14)27-23(29)22-17(8-9-33-22)26-24(27)34-13-20(28)25-15-11-18(30-2)21(32-4)19(12-15)31-3/h5-12H,13H2,1-4H3,(H,25,28). The van der Waals surface area contributed by atoms with Crippen molar-refractivity contribution >= 4 is 44.9 Å². The average molecular weight is 498 g/mol. The molecule has 0 saturated carbocycles. The Labute approximate surface area is 204 Å². The SMILES string of the molecule is COc1cc(NC(=O)CSc2nc3ccsc3c(=O)n2-c2cccc(C)c2)cc(OC)c1OC. The van der Waals surface area contributed by atoms with Gasteiger partial charge in [0.1, 0.15) is 4.70 Å². The van der Waals surface area contributed by atoms with Crippen molar-refractivity contribution in [3.8, 4) is 22.9 Å². The number of benzene rings is 2. The molecule has 10 heteroatoms. The molecule has 2 aromatic carbocycles. The van der Waals surface area contributed by atoms with Crippen LogP contribution in [0, 0.1) is 6.92 Å². The Bertz CT molecular complexity index is 1390. The summed E-state index contributed by atoms with van der Waals surface area (Å²) in [6, 6.07) is 12.7. The molecule has 0 spiro atoms. The molecule has 0 radical (unpaired) electrons. The molecule has 4 aromatic rings. The Morgan fingerprint density at radius 2 is 1.82 bits per heavy atom. The van der Waals surface area contributed by atoms with Crippen molar-refractivity contribution in [3.05, 3.63) is 63.8 Å². The van der Waals surface area contributed by atoms with Crippen LogP contribution in [0.1, 0.15) is 5.56 Å². The molecule has 0 saturated heterocycles. The molecule has 0 aliphatic rings. The Morgan fingerprint density at radius 1 is 1.09 bits per heavy atom. The van der Waals surface area contributed by atoms with Gasteiger partial charge in [0.05, 0.1) is 38.3 Å². The summed E-state index contributed by atoms with van der Waals surface area (Å²) in [4.78, 5) is 30.7. The number of anilines is 1. The van der Waals surface area contributed by atoms with E-state index in [-0.39, 0.29) is 17.2 Å². The van der Waals surface area contributed by atoms with Crippen molar-refractivity contribution in [1.29, 1.82) is 0 Å². The lowest BCUT2D eigenvalue weighted by atomic mass is 10.2. The van der Waals surface area contributed by atoms with Gasteiger partial charge in [0.2, 0.25) is 11.7 Å². The van der Waals surface area contributed by atoms with E-state index in [1.807, 2.05) is 42.6 Å². The fourth-order valence-corrected chi connectivity index (χ4v) is 5.04. The summed E-state index contributed by atoms with van der Waals surface area (Å²) in [5.41, 5.74) is 2.69. The summed E-state index contributed by atoms with van der Waals surface area (Å²) in [6.07, 6.45) is 0. The number of nitrogens with zero attached hydrogens (tertiary/aromatic N) is 2. The molecule has 0 bridgehead atoms. The normalized spacial score (nSPS) is 10.8. The lowest BCUT2D eigenvalue weighted by Crippen LogP contribution is -2.22. The lowest BCUT2D eigenvalue weighted by molar-refractivity contribution is -0.113. The molecule has 34 heavy (non-hydrogen) atoms. The first-order chi connectivity index (χ1) is 16.4. The first-order valence-corrected chi connectivity index (χ1v) is 12.1. The number of carbonyl (C=O) groups is 1. The molecule has 8 nitrogen and oxygen atoms in total. The number of aryl methyl sites for hydroxylation is 1. The molecule has 2 heterocycles. The van der Waals surface area contributed by atoms with Crippen LogP contribution in [0.5, 0.6) is 17.2 Å². The van der Waals surface area contributed by atoms with Gasteiger partial charge in [0.15, 0.2) is 16.7 Å². The quantitative estimate of drug-likeness (QED) is 0.283. The predicted molar refractivity (Wildman–Crippen MR) is 135 cm³/mol. The molecule has 2 aromatic heterocycles. The third kappa shape index (κ3) is 4.73. The fourth-order valence-electron chi connectivity index (χ4n) is 3.46. The van der Waals surface area contributed by atoms with Crippen LogP contribution in [-0.2, 0) is 4.79 Å². The number of methoxy groups -OCH3 is 3. The van der Waals surface area contributed by atoms with E-state index >= 15 is 0 Å². The second kappa shape index (κ2) is 10.2. The van der Waals surface area contributed by atoms with Crippen LogP contribution >= 0.6 is 23.1 Å². The number of hydrogen-bond donors (Lipinski definition) is 1. The molecule has 176 valence electrons. The zero-order chi connectivity index (χ0) is 24.2. The van der Waals surface area contributed by atoms with Gasteiger partial charge in [-0.05, 0) is 36.1 Å². The van der Waals surface area contributed by atoms with Gasteiger partial charge >= 0.3 is 0 Å². The zero-order valence-electron chi connectivity index (χ0n) is 19.1. The molecule has 4 rings (SSSR count). The van der Waals surface area contributed by atoms with Gasteiger partial charge in [-0.3, -0.25) is 14.2 Å². The van der Waals surface area contributed by atoms with E-state index in [2.05, 4.69) is 10.3 Å². The van der Waals surface area contributed by atoms with Crippen LogP contribution in [-0.4, -0.2) is 42.5 Å². The molecule has 0 aliphatic carbocycles. The number of rotatable bonds is 8. The van der Waals surface area contributed by atoms with Crippen LogP contribution in [0.4, 0.5) is 5.69 Å². The number of nitrogens with one attached hydrogen (secondary N) is 1. The van der Waals surface area contributed by atoms with Gasteiger partial charge < -0.3 is 19.5 Å². The Morgan fingerprint density at radius 3 is 2.47 bits per heavy atom. The first kappa shape index (κ1) is 23.7. The molecule has 0 aliphatic heterocycles. The summed E-state index contributed by atoms with van der Waals surface area (Å²) < 4.78 is 18.1. The fraction of sp³-hybridized carbons (Fsp3) is 0.208. The zero-order valence-corrected chi connectivity index (χ0v) is 20.7. The molecular weight excluding hydrogens is 474 g/mol. The van der Waals surface area contributed by atoms with E-state index < -0.39 is 0 Å². The summed E-state index contributed by atoms with van der Waals surface area (Å²) in [6.45, 7) is 1.96. The first-order valence-electron chi connectivity index (χ1n) is 10.2.